The van der Waals surface area contributed by atoms with E-state index in [1.165, 1.54) is 0 Å². The Hall–Kier alpha value is -1.51. The lowest BCUT2D eigenvalue weighted by Gasteiger charge is -2.12. The Morgan fingerprint density at radius 3 is 2.56 bits per heavy atom. The highest BCUT2D eigenvalue weighted by molar-refractivity contribution is 5.78. The summed E-state index contributed by atoms with van der Waals surface area (Å²) in [6, 6.07) is 5.70. The van der Waals surface area contributed by atoms with Crippen LogP contribution >= 0.6 is 0 Å². The summed E-state index contributed by atoms with van der Waals surface area (Å²) in [5, 5.41) is 0. The topological polar surface area (TPSA) is 35.5 Å². The molecular weight excluding hydrogens is 228 g/mol. The number of hydrogen-bond acceptors (Lipinski definition) is 3. The van der Waals surface area contributed by atoms with Gasteiger partial charge in [0.05, 0.1) is 13.2 Å². The quantitative estimate of drug-likeness (QED) is 0.663. The van der Waals surface area contributed by atoms with Crippen LogP contribution in [0.25, 0.3) is 0 Å². The Kier molecular flexibility index (Phi) is 6.26. The Morgan fingerprint density at radius 1 is 1.17 bits per heavy atom. The summed E-state index contributed by atoms with van der Waals surface area (Å²) in [5.74, 6) is 1.64. The lowest BCUT2D eigenvalue weighted by atomic mass is 10.1. The van der Waals surface area contributed by atoms with Gasteiger partial charge in [-0.15, -0.1) is 0 Å². The number of rotatable bonds is 8. The number of carbonyl (C=O) groups excluding carboxylic acids is 1. The third kappa shape index (κ3) is 4.78. The predicted octanol–water partition coefficient (Wildman–Crippen LogP) is 3.40. The van der Waals surface area contributed by atoms with Crippen LogP contribution in [0.15, 0.2) is 18.2 Å². The zero-order valence-electron chi connectivity index (χ0n) is 11.5. The van der Waals surface area contributed by atoms with E-state index in [0.29, 0.717) is 19.6 Å². The van der Waals surface area contributed by atoms with Gasteiger partial charge in [0.1, 0.15) is 5.78 Å². The van der Waals surface area contributed by atoms with Crippen LogP contribution in [0, 0.1) is 0 Å². The molecule has 1 aromatic rings. The van der Waals surface area contributed by atoms with E-state index in [1.807, 2.05) is 25.1 Å². The summed E-state index contributed by atoms with van der Waals surface area (Å²) in [6.45, 7) is 6.94. The summed E-state index contributed by atoms with van der Waals surface area (Å²) < 4.78 is 11.2. The predicted molar refractivity (Wildman–Crippen MR) is 72.4 cm³/mol. The largest absolute Gasteiger partial charge is 0.490 e. The van der Waals surface area contributed by atoms with E-state index < -0.39 is 0 Å². The van der Waals surface area contributed by atoms with Crippen molar-refractivity contribution in [2.24, 2.45) is 0 Å². The summed E-state index contributed by atoms with van der Waals surface area (Å²) in [5.41, 5.74) is 0.966. The smallest absolute Gasteiger partial charge is 0.161 e. The number of Topliss-reactive ketones (excluding diaryl/α,β-unsaturated/α-hetero) is 1. The Morgan fingerprint density at radius 2 is 1.94 bits per heavy atom. The maximum Gasteiger partial charge on any atom is 0.161 e. The van der Waals surface area contributed by atoms with Crippen molar-refractivity contribution in [3.05, 3.63) is 23.8 Å². The van der Waals surface area contributed by atoms with E-state index in [4.69, 9.17) is 9.47 Å². The Bertz CT molecular complexity index is 385. The van der Waals surface area contributed by atoms with E-state index in [0.717, 1.165) is 29.9 Å². The lowest BCUT2D eigenvalue weighted by Crippen LogP contribution is -2.02. The molecule has 1 aromatic carbocycles. The molecule has 0 aliphatic carbocycles. The number of unbranched alkanes of at least 4 members (excludes halogenated alkanes) is 1. The van der Waals surface area contributed by atoms with Gasteiger partial charge in [-0.2, -0.15) is 0 Å². The molecule has 0 radical (unpaired) electrons. The van der Waals surface area contributed by atoms with E-state index in [2.05, 4.69) is 6.92 Å². The van der Waals surface area contributed by atoms with Crippen LogP contribution in [0.1, 0.15) is 39.2 Å². The fourth-order valence-electron chi connectivity index (χ4n) is 1.66. The van der Waals surface area contributed by atoms with Crippen LogP contribution in [0.5, 0.6) is 11.5 Å². The summed E-state index contributed by atoms with van der Waals surface area (Å²) in [7, 11) is 0. The van der Waals surface area contributed by atoms with Gasteiger partial charge < -0.3 is 9.47 Å². The van der Waals surface area contributed by atoms with Crippen LogP contribution < -0.4 is 9.47 Å². The monoisotopic (exact) mass is 250 g/mol. The maximum absolute atomic E-state index is 11.1. The minimum atomic E-state index is 0.150. The normalized spacial score (nSPS) is 10.2. The van der Waals surface area contributed by atoms with Crippen molar-refractivity contribution < 1.29 is 14.3 Å². The molecule has 3 nitrogen and oxygen atoms in total. The number of ketones is 1. The molecule has 0 aliphatic heterocycles. The standard InChI is InChI=1S/C15H22O3/c1-4-6-9-18-14-8-7-13(10-12(3)16)11-15(14)17-5-2/h7-8,11H,4-6,9-10H2,1-3H3. The number of carbonyl (C=O) groups is 1. The lowest BCUT2D eigenvalue weighted by molar-refractivity contribution is -0.116. The molecule has 0 aliphatic rings. The molecular formula is C15H22O3. The highest BCUT2D eigenvalue weighted by Gasteiger charge is 2.07. The first-order chi connectivity index (χ1) is 8.67. The fourth-order valence-corrected chi connectivity index (χ4v) is 1.66. The molecule has 0 saturated heterocycles. The molecule has 1 rings (SSSR count). The molecule has 0 N–H and O–H groups in total. The van der Waals surface area contributed by atoms with Gasteiger partial charge in [-0.3, -0.25) is 4.79 Å². The van der Waals surface area contributed by atoms with Gasteiger partial charge in [-0.25, -0.2) is 0 Å². The van der Waals surface area contributed by atoms with Crippen molar-refractivity contribution in [1.82, 2.24) is 0 Å². The molecule has 0 unspecified atom stereocenters. The molecule has 0 atom stereocenters. The maximum atomic E-state index is 11.1. The number of ether oxygens (including phenoxy) is 2. The van der Waals surface area contributed by atoms with Crippen molar-refractivity contribution in [3.8, 4) is 11.5 Å². The highest BCUT2D eigenvalue weighted by Crippen LogP contribution is 2.29. The summed E-state index contributed by atoms with van der Waals surface area (Å²) >= 11 is 0. The van der Waals surface area contributed by atoms with Crippen molar-refractivity contribution >= 4 is 5.78 Å². The second kappa shape index (κ2) is 7.75. The van der Waals surface area contributed by atoms with Crippen molar-refractivity contribution in [3.63, 3.8) is 0 Å². The van der Waals surface area contributed by atoms with E-state index in [-0.39, 0.29) is 5.78 Å². The SMILES string of the molecule is CCCCOc1ccc(CC(C)=O)cc1OCC. The Labute approximate surface area is 109 Å². The molecule has 100 valence electrons. The van der Waals surface area contributed by atoms with Gasteiger partial charge in [0.2, 0.25) is 0 Å². The molecule has 18 heavy (non-hydrogen) atoms. The molecule has 0 saturated carbocycles. The number of hydrogen-bond donors (Lipinski definition) is 0. The summed E-state index contributed by atoms with van der Waals surface area (Å²) in [4.78, 5) is 11.1. The first-order valence-electron chi connectivity index (χ1n) is 6.55. The van der Waals surface area contributed by atoms with Gasteiger partial charge >= 0.3 is 0 Å². The van der Waals surface area contributed by atoms with Crippen LogP contribution in [0.3, 0.4) is 0 Å². The third-order valence-electron chi connectivity index (χ3n) is 2.52. The van der Waals surface area contributed by atoms with Gasteiger partial charge in [-0.05, 0) is 38.0 Å². The molecule has 3 heteroatoms. The zero-order chi connectivity index (χ0) is 13.4. The van der Waals surface area contributed by atoms with Gasteiger partial charge in [0.15, 0.2) is 11.5 Å². The average molecular weight is 250 g/mol. The molecule has 0 aromatic heterocycles. The average Bonchev–Trinajstić information content (AvgIpc) is 2.32. The van der Waals surface area contributed by atoms with E-state index >= 15 is 0 Å². The fraction of sp³-hybridized carbons (Fsp3) is 0.533. The second-order valence-corrected chi connectivity index (χ2v) is 4.29. The van der Waals surface area contributed by atoms with Crippen LogP contribution in [-0.2, 0) is 11.2 Å². The van der Waals surface area contributed by atoms with Gasteiger partial charge in [0, 0.05) is 6.42 Å². The Balaban J connectivity index is 2.78. The van der Waals surface area contributed by atoms with E-state index in [1.54, 1.807) is 6.92 Å². The minimum Gasteiger partial charge on any atom is -0.490 e. The van der Waals surface area contributed by atoms with Gasteiger partial charge in [0.25, 0.3) is 0 Å². The molecule has 0 fully saturated rings. The first kappa shape index (κ1) is 14.6. The second-order valence-electron chi connectivity index (χ2n) is 4.29. The van der Waals surface area contributed by atoms with Gasteiger partial charge in [-0.1, -0.05) is 19.4 Å². The zero-order valence-corrected chi connectivity index (χ0v) is 11.5. The molecule has 0 bridgehead atoms. The van der Waals surface area contributed by atoms with Crippen molar-refractivity contribution in [1.29, 1.82) is 0 Å². The molecule has 0 spiro atoms. The van der Waals surface area contributed by atoms with Crippen molar-refractivity contribution in [2.75, 3.05) is 13.2 Å². The van der Waals surface area contributed by atoms with Crippen LogP contribution in [-0.4, -0.2) is 19.0 Å². The van der Waals surface area contributed by atoms with E-state index in [9.17, 15) is 4.79 Å². The number of benzene rings is 1. The van der Waals surface area contributed by atoms with Crippen molar-refractivity contribution in [2.45, 2.75) is 40.0 Å². The molecule has 0 heterocycles. The first-order valence-corrected chi connectivity index (χ1v) is 6.55. The third-order valence-corrected chi connectivity index (χ3v) is 2.52. The summed E-state index contributed by atoms with van der Waals surface area (Å²) in [6.07, 6.45) is 2.57. The van der Waals surface area contributed by atoms with Crippen LogP contribution in [0.4, 0.5) is 0 Å². The van der Waals surface area contributed by atoms with Crippen LogP contribution in [0.2, 0.25) is 0 Å². The minimum absolute atomic E-state index is 0.150. The highest BCUT2D eigenvalue weighted by atomic mass is 16.5. The molecule has 0 amide bonds.